The van der Waals surface area contributed by atoms with Crippen LogP contribution in [-0.2, 0) is 30.4 Å². The van der Waals surface area contributed by atoms with Crippen LogP contribution in [0, 0.1) is 11.3 Å². The van der Waals surface area contributed by atoms with Gasteiger partial charge in [-0.15, -0.1) is 0 Å². The van der Waals surface area contributed by atoms with Gasteiger partial charge < -0.3 is 48.1 Å². The van der Waals surface area contributed by atoms with Crippen LogP contribution in [0.5, 0.6) is 5.75 Å². The van der Waals surface area contributed by atoms with E-state index in [4.69, 9.17) is 22.0 Å². The number of nitrogens with two attached hydrogens (primary N) is 2. The quantitative estimate of drug-likeness (QED) is 0.0621. The highest BCUT2D eigenvalue weighted by molar-refractivity contribution is 5.94. The smallest absolute Gasteiger partial charge is 0.326 e. The summed E-state index contributed by atoms with van der Waals surface area (Å²) in [5.41, 5.74) is 11.4. The van der Waals surface area contributed by atoms with Crippen LogP contribution in [0.2, 0.25) is 0 Å². The summed E-state index contributed by atoms with van der Waals surface area (Å²) in [7, 11) is 0. The third-order valence-electron chi connectivity index (χ3n) is 5.59. The van der Waals surface area contributed by atoms with Gasteiger partial charge in [0, 0.05) is 13.0 Å². The lowest BCUT2D eigenvalue weighted by molar-refractivity contribution is -0.142. The molecule has 4 atom stereocenters. The first kappa shape index (κ1) is 32.6. The predicted octanol–water partition coefficient (Wildman–Crippen LogP) is -1.81. The average Bonchev–Trinajstić information content (AvgIpc) is 2.83. The van der Waals surface area contributed by atoms with E-state index in [1.54, 1.807) is 13.8 Å². The molecular weight excluding hydrogens is 514 g/mol. The topological polar surface area (TPSA) is 270 Å². The first-order valence-electron chi connectivity index (χ1n) is 12.2. The van der Waals surface area contributed by atoms with Crippen molar-refractivity contribution in [3.8, 4) is 5.75 Å². The molecule has 0 heterocycles. The molecule has 216 valence electrons. The van der Waals surface area contributed by atoms with Crippen LogP contribution in [0.1, 0.15) is 38.7 Å². The number of hydrogen-bond donors (Lipinski definition) is 10. The van der Waals surface area contributed by atoms with Crippen LogP contribution in [-0.4, -0.2) is 81.7 Å². The molecule has 0 spiro atoms. The number of phenols is 1. The van der Waals surface area contributed by atoms with Gasteiger partial charge in [-0.2, -0.15) is 0 Å². The van der Waals surface area contributed by atoms with Crippen molar-refractivity contribution in [1.82, 2.24) is 21.3 Å². The Labute approximate surface area is 225 Å². The van der Waals surface area contributed by atoms with Crippen LogP contribution in [0.15, 0.2) is 24.3 Å². The Bertz CT molecular complexity index is 1030. The molecule has 0 aliphatic rings. The highest BCUT2D eigenvalue weighted by Gasteiger charge is 2.32. The molecule has 1 aromatic carbocycles. The van der Waals surface area contributed by atoms with Gasteiger partial charge in [0.05, 0.1) is 12.5 Å². The highest BCUT2D eigenvalue weighted by Crippen LogP contribution is 2.12. The molecule has 0 bridgehead atoms. The minimum atomic E-state index is -1.42. The zero-order valence-electron chi connectivity index (χ0n) is 21.8. The van der Waals surface area contributed by atoms with Crippen molar-refractivity contribution in [2.75, 3.05) is 6.54 Å². The summed E-state index contributed by atoms with van der Waals surface area (Å²) in [6, 6.07) is 0.654. The summed E-state index contributed by atoms with van der Waals surface area (Å²) in [4.78, 5) is 61.3. The summed E-state index contributed by atoms with van der Waals surface area (Å²) in [6.07, 6.45) is -0.453. The molecule has 15 heteroatoms. The summed E-state index contributed by atoms with van der Waals surface area (Å²) in [5, 5.41) is 45.0. The number of carbonyl (C=O) groups is 5. The van der Waals surface area contributed by atoms with E-state index in [-0.39, 0.29) is 37.5 Å². The standard InChI is InChI=1S/C24H37N7O8/c1-12(2)19(22(37)30-17(23(38)39)10-13-5-7-14(32)8-6-13)31-21(36)16(4-3-9-28-24(26)27)29-20(35)15(25)11-18(33)34/h5-8,12,15-17,19,32H,3-4,9-11,25H2,1-2H3,(H,29,35)(H,30,37)(H,31,36)(H,33,34)(H,38,39)(H4,26,27,28)/t15-,16-,17-,19-/m0/s1. The molecule has 0 unspecified atom stereocenters. The molecule has 39 heavy (non-hydrogen) atoms. The van der Waals surface area contributed by atoms with Crippen molar-refractivity contribution in [3.63, 3.8) is 0 Å². The molecule has 0 saturated heterocycles. The van der Waals surface area contributed by atoms with Crippen LogP contribution in [0.4, 0.5) is 0 Å². The van der Waals surface area contributed by atoms with Crippen molar-refractivity contribution < 1.29 is 39.3 Å². The minimum Gasteiger partial charge on any atom is -0.508 e. The van der Waals surface area contributed by atoms with E-state index in [1.165, 1.54) is 24.3 Å². The van der Waals surface area contributed by atoms with Crippen molar-refractivity contribution in [2.24, 2.45) is 17.4 Å². The van der Waals surface area contributed by atoms with Gasteiger partial charge in [-0.05, 0) is 36.5 Å². The highest BCUT2D eigenvalue weighted by atomic mass is 16.4. The molecule has 1 aromatic rings. The van der Waals surface area contributed by atoms with Gasteiger partial charge in [0.25, 0.3) is 0 Å². The Morgan fingerprint density at radius 1 is 0.923 bits per heavy atom. The average molecular weight is 552 g/mol. The number of benzene rings is 1. The number of carboxylic acids is 2. The van der Waals surface area contributed by atoms with Gasteiger partial charge in [0.1, 0.15) is 23.9 Å². The maximum Gasteiger partial charge on any atom is 0.326 e. The van der Waals surface area contributed by atoms with E-state index in [9.17, 15) is 34.2 Å². The van der Waals surface area contributed by atoms with E-state index in [0.717, 1.165) is 0 Å². The Balaban J connectivity index is 3.00. The van der Waals surface area contributed by atoms with Crippen LogP contribution in [0.25, 0.3) is 0 Å². The SMILES string of the molecule is CC(C)[C@H](NC(=O)[C@H](CCCNC(=N)N)NC(=O)[C@@H](N)CC(=O)O)C(=O)N[C@@H](Cc1ccc(O)cc1)C(=O)O. The van der Waals surface area contributed by atoms with Crippen molar-refractivity contribution >= 4 is 35.6 Å². The lowest BCUT2D eigenvalue weighted by Gasteiger charge is -2.27. The fourth-order valence-corrected chi connectivity index (χ4v) is 3.48. The van der Waals surface area contributed by atoms with E-state index >= 15 is 0 Å². The maximum atomic E-state index is 13.1. The summed E-state index contributed by atoms with van der Waals surface area (Å²) >= 11 is 0. The number of phenolic OH excluding ortho intramolecular Hbond substituents is 1. The predicted molar refractivity (Wildman–Crippen MR) is 139 cm³/mol. The molecule has 0 aliphatic carbocycles. The van der Waals surface area contributed by atoms with Crippen LogP contribution in [0.3, 0.4) is 0 Å². The van der Waals surface area contributed by atoms with Crippen LogP contribution >= 0.6 is 0 Å². The number of nitrogens with one attached hydrogen (secondary N) is 5. The molecule has 3 amide bonds. The summed E-state index contributed by atoms with van der Waals surface area (Å²) in [6.45, 7) is 3.46. The Morgan fingerprint density at radius 3 is 2.03 bits per heavy atom. The monoisotopic (exact) mass is 551 g/mol. The number of carbonyl (C=O) groups excluding carboxylic acids is 3. The number of carboxylic acid groups (broad SMARTS) is 2. The number of aromatic hydroxyl groups is 1. The number of rotatable bonds is 16. The zero-order valence-corrected chi connectivity index (χ0v) is 21.8. The zero-order chi connectivity index (χ0) is 29.7. The van der Waals surface area contributed by atoms with Gasteiger partial charge in [-0.1, -0.05) is 26.0 Å². The molecule has 15 nitrogen and oxygen atoms in total. The summed E-state index contributed by atoms with van der Waals surface area (Å²) in [5.74, 6) is -5.81. The Kier molecular flexibility index (Phi) is 13.2. The minimum absolute atomic E-state index is 0.000110. The molecule has 12 N–H and O–H groups in total. The fraction of sp³-hybridized carbons (Fsp3) is 0.500. The third kappa shape index (κ3) is 12.1. The molecule has 0 radical (unpaired) electrons. The van der Waals surface area contributed by atoms with Crippen molar-refractivity contribution in [2.45, 2.75) is 63.7 Å². The number of guanidine groups is 1. The van der Waals surface area contributed by atoms with Gasteiger partial charge in [-0.3, -0.25) is 24.6 Å². The van der Waals surface area contributed by atoms with E-state index in [1.807, 2.05) is 0 Å². The fourth-order valence-electron chi connectivity index (χ4n) is 3.48. The first-order valence-corrected chi connectivity index (χ1v) is 12.2. The molecule has 0 saturated carbocycles. The number of amides is 3. The van der Waals surface area contributed by atoms with Gasteiger partial charge >= 0.3 is 11.9 Å². The second-order valence-corrected chi connectivity index (χ2v) is 9.25. The third-order valence-corrected chi connectivity index (χ3v) is 5.59. The largest absolute Gasteiger partial charge is 0.508 e. The Hall–Kier alpha value is -4.40. The first-order chi connectivity index (χ1) is 18.2. The Morgan fingerprint density at radius 2 is 1.51 bits per heavy atom. The number of hydrogen-bond acceptors (Lipinski definition) is 8. The van der Waals surface area contributed by atoms with E-state index < -0.39 is 66.2 Å². The van der Waals surface area contributed by atoms with Crippen LogP contribution < -0.4 is 32.7 Å². The second-order valence-electron chi connectivity index (χ2n) is 9.25. The summed E-state index contributed by atoms with van der Waals surface area (Å²) < 4.78 is 0. The van der Waals surface area contributed by atoms with Crippen molar-refractivity contribution in [3.05, 3.63) is 29.8 Å². The van der Waals surface area contributed by atoms with Crippen molar-refractivity contribution in [1.29, 1.82) is 5.41 Å². The molecule has 0 aromatic heterocycles. The molecule has 0 fully saturated rings. The van der Waals surface area contributed by atoms with E-state index in [0.29, 0.717) is 5.56 Å². The molecule has 1 rings (SSSR count). The molecular formula is C24H37N7O8. The van der Waals surface area contributed by atoms with E-state index in [2.05, 4.69) is 21.3 Å². The van der Waals surface area contributed by atoms with Gasteiger partial charge in [-0.25, -0.2) is 4.79 Å². The lowest BCUT2D eigenvalue weighted by atomic mass is 10.00. The van der Waals surface area contributed by atoms with Gasteiger partial charge in [0.15, 0.2) is 5.96 Å². The lowest BCUT2D eigenvalue weighted by Crippen LogP contribution is -2.58. The maximum absolute atomic E-state index is 13.1. The normalized spacial score (nSPS) is 13.8. The van der Waals surface area contributed by atoms with Gasteiger partial charge in [0.2, 0.25) is 17.7 Å². The molecule has 0 aliphatic heterocycles. The number of aliphatic carboxylic acids is 2. The second kappa shape index (κ2) is 15.8.